The lowest BCUT2D eigenvalue weighted by molar-refractivity contribution is -0.385. The quantitative estimate of drug-likeness (QED) is 0.579. The number of non-ortho nitro benzene ring substituents is 1. The van der Waals surface area contributed by atoms with Crippen molar-refractivity contribution in [1.29, 1.82) is 0 Å². The monoisotopic (exact) mass is 425 g/mol. The molecule has 0 aromatic heterocycles. The van der Waals surface area contributed by atoms with E-state index in [0.29, 0.717) is 24.2 Å². The Labute approximate surface area is 163 Å². The number of sulfonamides is 2. The summed E-state index contributed by atoms with van der Waals surface area (Å²) in [5.74, 6) is 0.0907. The Morgan fingerprint density at radius 2 is 1.79 bits per heavy atom. The van der Waals surface area contributed by atoms with Gasteiger partial charge in [0.05, 0.1) is 21.3 Å². The van der Waals surface area contributed by atoms with Gasteiger partial charge in [0.15, 0.2) is 0 Å². The first-order chi connectivity index (χ1) is 13.1. The molecule has 0 bridgehead atoms. The molecule has 0 aliphatic carbocycles. The van der Waals surface area contributed by atoms with Crippen molar-refractivity contribution in [1.82, 2.24) is 0 Å². The van der Waals surface area contributed by atoms with Gasteiger partial charge in [-0.2, -0.15) is 0 Å². The lowest BCUT2D eigenvalue weighted by atomic mass is 10.2. The van der Waals surface area contributed by atoms with E-state index >= 15 is 0 Å². The van der Waals surface area contributed by atoms with E-state index in [0.717, 1.165) is 12.5 Å². The van der Waals surface area contributed by atoms with Gasteiger partial charge >= 0.3 is 0 Å². The molecule has 0 unspecified atom stereocenters. The highest BCUT2D eigenvalue weighted by molar-refractivity contribution is 7.93. The summed E-state index contributed by atoms with van der Waals surface area (Å²) in [5, 5.41) is 10.9. The number of nitrogens with zero attached hydrogens (tertiary/aromatic N) is 2. The van der Waals surface area contributed by atoms with Gasteiger partial charge in [0.2, 0.25) is 10.0 Å². The van der Waals surface area contributed by atoms with Crippen molar-refractivity contribution in [3.63, 3.8) is 0 Å². The van der Waals surface area contributed by atoms with Crippen molar-refractivity contribution < 1.29 is 21.8 Å². The first-order valence-corrected chi connectivity index (χ1v) is 11.6. The number of hydrogen-bond donors (Lipinski definition) is 1. The summed E-state index contributed by atoms with van der Waals surface area (Å²) in [6.07, 6.45) is 1.39. The number of aryl methyl sites for hydroxylation is 1. The Kier molecular flexibility index (Phi) is 5.31. The van der Waals surface area contributed by atoms with Crippen LogP contribution in [0.2, 0.25) is 0 Å². The molecule has 1 heterocycles. The fourth-order valence-corrected chi connectivity index (χ4v) is 5.94. The summed E-state index contributed by atoms with van der Waals surface area (Å²) in [5.41, 5.74) is 0.740. The van der Waals surface area contributed by atoms with Crippen LogP contribution < -0.4 is 9.03 Å². The van der Waals surface area contributed by atoms with Crippen molar-refractivity contribution in [3.8, 4) is 0 Å². The largest absolute Gasteiger partial charge is 0.280 e. The van der Waals surface area contributed by atoms with Crippen LogP contribution in [0.3, 0.4) is 0 Å². The van der Waals surface area contributed by atoms with E-state index in [1.807, 2.05) is 0 Å². The van der Waals surface area contributed by atoms with Gasteiger partial charge in [-0.15, -0.1) is 0 Å². The Bertz CT molecular complexity index is 1110. The van der Waals surface area contributed by atoms with Crippen LogP contribution in [-0.4, -0.2) is 34.1 Å². The molecule has 150 valence electrons. The zero-order valence-corrected chi connectivity index (χ0v) is 16.7. The minimum atomic E-state index is -4.05. The maximum Gasteiger partial charge on any atom is 0.270 e. The van der Waals surface area contributed by atoms with Crippen molar-refractivity contribution >= 4 is 37.1 Å². The maximum absolute atomic E-state index is 12.6. The minimum absolute atomic E-state index is 0.0907. The molecule has 0 atom stereocenters. The summed E-state index contributed by atoms with van der Waals surface area (Å²) in [4.78, 5) is 10.1. The number of anilines is 2. The van der Waals surface area contributed by atoms with Crippen molar-refractivity contribution in [2.75, 3.05) is 21.3 Å². The highest BCUT2D eigenvalue weighted by Gasteiger charge is 2.26. The second-order valence-corrected chi connectivity index (χ2v) is 10.1. The van der Waals surface area contributed by atoms with Crippen molar-refractivity contribution in [2.45, 2.75) is 24.7 Å². The van der Waals surface area contributed by atoms with E-state index in [4.69, 9.17) is 0 Å². The van der Waals surface area contributed by atoms with E-state index in [9.17, 15) is 26.9 Å². The molecular formula is C17H19N3O6S2. The number of rotatable bonds is 5. The molecule has 28 heavy (non-hydrogen) atoms. The van der Waals surface area contributed by atoms with E-state index in [1.165, 1.54) is 40.7 Å². The lowest BCUT2D eigenvalue weighted by Gasteiger charge is -2.28. The second kappa shape index (κ2) is 7.40. The predicted molar refractivity (Wildman–Crippen MR) is 105 cm³/mol. The van der Waals surface area contributed by atoms with E-state index in [1.54, 1.807) is 6.92 Å². The molecule has 1 fully saturated rings. The molecule has 0 spiro atoms. The molecule has 1 aliphatic heterocycles. The van der Waals surface area contributed by atoms with Crippen LogP contribution in [0.5, 0.6) is 0 Å². The zero-order valence-electron chi connectivity index (χ0n) is 15.0. The second-order valence-electron chi connectivity index (χ2n) is 6.45. The number of benzene rings is 2. The number of nitro benzene ring substituents is 1. The minimum Gasteiger partial charge on any atom is -0.280 e. The van der Waals surface area contributed by atoms with E-state index in [2.05, 4.69) is 4.72 Å². The summed E-state index contributed by atoms with van der Waals surface area (Å²) in [7, 11) is -7.40. The summed E-state index contributed by atoms with van der Waals surface area (Å²) < 4.78 is 53.3. The van der Waals surface area contributed by atoms with Gasteiger partial charge < -0.3 is 0 Å². The first kappa shape index (κ1) is 20.1. The standard InChI is InChI=1S/C17H19N3O6S2/c1-13-4-7-16(20(21)22)12-17(13)28(25,26)18-14-5-8-15(9-6-14)19-10-2-3-11-27(19,23)24/h4-9,12,18H,2-3,10-11H2,1H3. The van der Waals surface area contributed by atoms with Gasteiger partial charge in [-0.1, -0.05) is 6.07 Å². The lowest BCUT2D eigenvalue weighted by Crippen LogP contribution is -2.37. The SMILES string of the molecule is Cc1ccc([N+](=O)[O-])cc1S(=O)(=O)Nc1ccc(N2CCCCS2(=O)=O)cc1. The van der Waals surface area contributed by atoms with Crippen LogP contribution in [0, 0.1) is 17.0 Å². The molecule has 0 amide bonds. The Hall–Kier alpha value is -2.66. The highest BCUT2D eigenvalue weighted by atomic mass is 32.2. The summed E-state index contributed by atoms with van der Waals surface area (Å²) in [6, 6.07) is 9.60. The predicted octanol–water partition coefficient (Wildman–Crippen LogP) is 2.63. The number of nitro groups is 1. The van der Waals surface area contributed by atoms with Crippen LogP contribution in [0.1, 0.15) is 18.4 Å². The molecule has 1 saturated heterocycles. The molecule has 0 radical (unpaired) electrons. The third-order valence-corrected chi connectivity index (χ3v) is 7.82. The average Bonchev–Trinajstić information content (AvgIpc) is 2.62. The van der Waals surface area contributed by atoms with Gasteiger partial charge in [0.1, 0.15) is 0 Å². The molecule has 3 rings (SSSR count). The van der Waals surface area contributed by atoms with Gasteiger partial charge in [-0.05, 0) is 49.6 Å². The Morgan fingerprint density at radius 1 is 1.11 bits per heavy atom. The third-order valence-electron chi connectivity index (χ3n) is 4.43. The molecule has 9 nitrogen and oxygen atoms in total. The van der Waals surface area contributed by atoms with Crippen LogP contribution in [0.4, 0.5) is 17.1 Å². The van der Waals surface area contributed by atoms with E-state index in [-0.39, 0.29) is 22.0 Å². The van der Waals surface area contributed by atoms with Gasteiger partial charge in [-0.25, -0.2) is 16.8 Å². The fraction of sp³-hybridized carbons (Fsp3) is 0.294. The van der Waals surface area contributed by atoms with Gasteiger partial charge in [0, 0.05) is 24.4 Å². The first-order valence-electron chi connectivity index (χ1n) is 8.48. The number of nitrogens with one attached hydrogen (secondary N) is 1. The molecule has 0 saturated carbocycles. The van der Waals surface area contributed by atoms with Gasteiger partial charge in [-0.3, -0.25) is 19.1 Å². The Morgan fingerprint density at radius 3 is 2.39 bits per heavy atom. The molecule has 2 aromatic carbocycles. The van der Waals surface area contributed by atoms with Crippen molar-refractivity contribution in [3.05, 3.63) is 58.1 Å². The fourth-order valence-electron chi connectivity index (χ4n) is 2.98. The molecule has 1 aliphatic rings. The zero-order chi connectivity index (χ0) is 20.5. The van der Waals surface area contributed by atoms with Crippen LogP contribution in [0.15, 0.2) is 47.4 Å². The summed E-state index contributed by atoms with van der Waals surface area (Å²) >= 11 is 0. The van der Waals surface area contributed by atoms with Gasteiger partial charge in [0.25, 0.3) is 15.7 Å². The summed E-state index contributed by atoms with van der Waals surface area (Å²) in [6.45, 7) is 1.93. The van der Waals surface area contributed by atoms with Crippen LogP contribution >= 0.6 is 0 Å². The highest BCUT2D eigenvalue weighted by Crippen LogP contribution is 2.27. The molecule has 11 heteroatoms. The smallest absolute Gasteiger partial charge is 0.270 e. The van der Waals surface area contributed by atoms with E-state index < -0.39 is 25.0 Å². The molecule has 1 N–H and O–H groups in total. The Balaban J connectivity index is 1.86. The molecular weight excluding hydrogens is 406 g/mol. The maximum atomic E-state index is 12.6. The van der Waals surface area contributed by atoms with Crippen molar-refractivity contribution in [2.24, 2.45) is 0 Å². The topological polar surface area (TPSA) is 127 Å². The third kappa shape index (κ3) is 4.09. The van der Waals surface area contributed by atoms with Crippen LogP contribution in [-0.2, 0) is 20.0 Å². The van der Waals surface area contributed by atoms with Crippen LogP contribution in [0.25, 0.3) is 0 Å². The average molecular weight is 425 g/mol. The normalized spacial score (nSPS) is 16.5. The molecule has 2 aromatic rings. The number of hydrogen-bond acceptors (Lipinski definition) is 6.